The first-order valence-electron chi connectivity index (χ1n) is 17.5. The van der Waals surface area contributed by atoms with Crippen LogP contribution in [0.4, 0.5) is 0 Å². The predicted molar refractivity (Wildman–Crippen MR) is 163 cm³/mol. The van der Waals surface area contributed by atoms with Crippen molar-refractivity contribution >= 4 is 0 Å². The van der Waals surface area contributed by atoms with Gasteiger partial charge in [0.2, 0.25) is 11.6 Å². The van der Waals surface area contributed by atoms with E-state index >= 15 is 0 Å². The summed E-state index contributed by atoms with van der Waals surface area (Å²) in [5, 5.41) is 51.5. The zero-order chi connectivity index (χ0) is 28.5. The van der Waals surface area contributed by atoms with Crippen LogP contribution in [0.5, 0.6) is 0 Å². The Morgan fingerprint density at radius 3 is 0.769 bits per heavy atom. The van der Waals surface area contributed by atoms with Crippen molar-refractivity contribution in [2.45, 2.75) is 217 Å². The fraction of sp³-hybridized carbons (Fsp3) is 1.00. The molecule has 1 aliphatic rings. The second-order valence-electron chi connectivity index (χ2n) is 12.9. The lowest BCUT2D eigenvalue weighted by molar-refractivity contribution is -0.386. The molecular formula is C34H68O5. The van der Waals surface area contributed by atoms with Gasteiger partial charge in [0.25, 0.3) is 0 Å². The second-order valence-corrected chi connectivity index (χ2v) is 12.9. The summed E-state index contributed by atoms with van der Waals surface area (Å²) in [4.78, 5) is 0. The van der Waals surface area contributed by atoms with Crippen LogP contribution in [-0.4, -0.2) is 43.2 Å². The molecule has 1 aliphatic carbocycles. The Bertz CT molecular complexity index is 522. The molecule has 0 radical (unpaired) electrons. The first-order chi connectivity index (χ1) is 18.9. The van der Waals surface area contributed by atoms with Crippen LogP contribution in [0, 0.1) is 0 Å². The average molecular weight is 557 g/mol. The van der Waals surface area contributed by atoms with Crippen LogP contribution < -0.4 is 0 Å². The summed E-state index contributed by atoms with van der Waals surface area (Å²) in [7, 11) is 0. The molecule has 1 rings (SSSR count). The number of aliphatic hydroxyl groups is 5. The largest absolute Gasteiger partial charge is 0.387 e. The first-order valence-corrected chi connectivity index (χ1v) is 17.5. The maximum atomic E-state index is 10.3. The lowest BCUT2D eigenvalue weighted by Crippen LogP contribution is -2.61. The highest BCUT2D eigenvalue weighted by Gasteiger charge is 2.51. The summed E-state index contributed by atoms with van der Waals surface area (Å²) in [6.45, 7) is 0. The Kier molecular flexibility index (Phi) is 23.0. The molecule has 1 atom stereocenters. The molecule has 0 saturated heterocycles. The molecule has 0 heterocycles. The van der Waals surface area contributed by atoms with Crippen LogP contribution >= 0.6 is 0 Å². The molecular weight excluding hydrogens is 488 g/mol. The third kappa shape index (κ3) is 19.5. The molecule has 0 amide bonds. The van der Waals surface area contributed by atoms with Gasteiger partial charge in [0.15, 0.2) is 0 Å². The van der Waals surface area contributed by atoms with E-state index in [1.807, 2.05) is 0 Å². The van der Waals surface area contributed by atoms with Crippen LogP contribution in [0.3, 0.4) is 0 Å². The van der Waals surface area contributed by atoms with Crippen LogP contribution in [0.15, 0.2) is 0 Å². The normalized spacial score (nSPS) is 27.2. The van der Waals surface area contributed by atoms with Crippen molar-refractivity contribution in [1.29, 1.82) is 0 Å². The third-order valence-corrected chi connectivity index (χ3v) is 9.06. The molecule has 0 bridgehead atoms. The fourth-order valence-corrected chi connectivity index (χ4v) is 6.13. The summed E-state index contributed by atoms with van der Waals surface area (Å²) in [6.07, 6.45) is 34.4. The van der Waals surface area contributed by atoms with Crippen molar-refractivity contribution in [1.82, 2.24) is 0 Å². The predicted octanol–water partition coefficient (Wildman–Crippen LogP) is 8.82. The zero-order valence-electron chi connectivity index (χ0n) is 25.7. The summed E-state index contributed by atoms with van der Waals surface area (Å²) in [5.41, 5.74) is 0. The minimum absolute atomic E-state index is 0.142. The van der Waals surface area contributed by atoms with Crippen molar-refractivity contribution < 1.29 is 25.5 Å². The molecule has 5 N–H and O–H groups in total. The highest BCUT2D eigenvalue weighted by Crippen LogP contribution is 2.29. The Labute approximate surface area is 242 Å². The van der Waals surface area contributed by atoms with Gasteiger partial charge in [-0.3, -0.25) is 0 Å². The van der Waals surface area contributed by atoms with Gasteiger partial charge in [0.05, 0.1) is 0 Å². The summed E-state index contributed by atoms with van der Waals surface area (Å²) in [6, 6.07) is 0. The lowest BCUT2D eigenvalue weighted by Gasteiger charge is -2.38. The highest BCUT2D eigenvalue weighted by atomic mass is 16.6. The number of aliphatic hydroxyl groups excluding tert-OH is 1. The van der Waals surface area contributed by atoms with E-state index in [1.165, 1.54) is 141 Å². The number of rotatable bonds is 0. The molecule has 0 spiro atoms. The van der Waals surface area contributed by atoms with E-state index in [0.29, 0.717) is 12.8 Å². The van der Waals surface area contributed by atoms with E-state index < -0.39 is 17.7 Å². The minimum atomic E-state index is -2.90. The first kappa shape index (κ1) is 36.8. The second kappa shape index (κ2) is 24.4. The van der Waals surface area contributed by atoms with Crippen LogP contribution in [0.25, 0.3) is 0 Å². The van der Waals surface area contributed by atoms with Crippen LogP contribution in [-0.2, 0) is 0 Å². The van der Waals surface area contributed by atoms with E-state index in [0.717, 1.165) is 32.1 Å². The SMILES string of the molecule is OC1CCCCCCCCCCCCCCCCCCCCCCCCCCCCCCCC(O)(O)C1(O)O. The molecule has 1 fully saturated rings. The molecule has 5 heteroatoms. The van der Waals surface area contributed by atoms with Gasteiger partial charge in [-0.2, -0.15) is 0 Å². The van der Waals surface area contributed by atoms with Gasteiger partial charge in [0, 0.05) is 6.42 Å². The topological polar surface area (TPSA) is 101 Å². The van der Waals surface area contributed by atoms with E-state index in [1.54, 1.807) is 0 Å². The van der Waals surface area contributed by atoms with Crippen LogP contribution in [0.2, 0.25) is 0 Å². The molecule has 0 aromatic heterocycles. The lowest BCUT2D eigenvalue weighted by atomic mass is 9.91. The van der Waals surface area contributed by atoms with E-state index in [2.05, 4.69) is 0 Å². The maximum Gasteiger partial charge on any atom is 0.245 e. The average Bonchev–Trinajstić information content (AvgIpc) is 2.91. The number of hydrogen-bond donors (Lipinski definition) is 5. The van der Waals surface area contributed by atoms with Gasteiger partial charge < -0.3 is 25.5 Å². The van der Waals surface area contributed by atoms with Crippen molar-refractivity contribution in [3.63, 3.8) is 0 Å². The summed E-state index contributed by atoms with van der Waals surface area (Å²) < 4.78 is 0. The monoisotopic (exact) mass is 557 g/mol. The molecule has 0 aromatic carbocycles. The Morgan fingerprint density at radius 2 is 0.513 bits per heavy atom. The molecule has 39 heavy (non-hydrogen) atoms. The summed E-state index contributed by atoms with van der Waals surface area (Å²) in [5.74, 6) is -5.59. The zero-order valence-corrected chi connectivity index (χ0v) is 25.7. The van der Waals surface area contributed by atoms with Crippen molar-refractivity contribution in [3.05, 3.63) is 0 Å². The molecule has 5 nitrogen and oxygen atoms in total. The number of hydrogen-bond acceptors (Lipinski definition) is 5. The van der Waals surface area contributed by atoms with Gasteiger partial charge >= 0.3 is 0 Å². The Balaban J connectivity index is 2.29. The Morgan fingerprint density at radius 1 is 0.308 bits per heavy atom. The van der Waals surface area contributed by atoms with Gasteiger partial charge in [-0.15, -0.1) is 0 Å². The maximum absolute atomic E-state index is 10.3. The smallest absolute Gasteiger partial charge is 0.245 e. The van der Waals surface area contributed by atoms with Gasteiger partial charge in [-0.25, -0.2) is 0 Å². The summed E-state index contributed by atoms with van der Waals surface area (Å²) >= 11 is 0. The Hall–Kier alpha value is -0.200. The van der Waals surface area contributed by atoms with Gasteiger partial charge in [-0.1, -0.05) is 180 Å². The third-order valence-electron chi connectivity index (χ3n) is 9.06. The fourth-order valence-electron chi connectivity index (χ4n) is 6.13. The molecule has 1 saturated carbocycles. The molecule has 0 aromatic rings. The van der Waals surface area contributed by atoms with Gasteiger partial charge in [0.1, 0.15) is 6.10 Å². The van der Waals surface area contributed by atoms with Crippen molar-refractivity contribution in [2.24, 2.45) is 0 Å². The van der Waals surface area contributed by atoms with E-state index in [-0.39, 0.29) is 12.8 Å². The quantitative estimate of drug-likeness (QED) is 0.192. The van der Waals surface area contributed by atoms with Crippen molar-refractivity contribution in [3.8, 4) is 0 Å². The molecule has 0 aliphatic heterocycles. The highest BCUT2D eigenvalue weighted by molar-refractivity contribution is 4.88. The van der Waals surface area contributed by atoms with E-state index in [9.17, 15) is 25.5 Å². The standard InChI is InChI=1S/C34H68O5/c35-32-30-28-26-24-22-20-18-16-14-12-10-8-6-4-2-1-3-5-7-9-11-13-15-17-19-21-23-25-27-29-31-33(36,37)34(32,38)39/h32,35-39H,1-31H2. The minimum Gasteiger partial charge on any atom is -0.387 e. The van der Waals surface area contributed by atoms with Crippen LogP contribution in [0.1, 0.15) is 199 Å². The molecule has 1 unspecified atom stereocenters. The molecule has 234 valence electrons. The van der Waals surface area contributed by atoms with Crippen molar-refractivity contribution in [2.75, 3.05) is 0 Å². The van der Waals surface area contributed by atoms with E-state index in [4.69, 9.17) is 0 Å². The van der Waals surface area contributed by atoms with Gasteiger partial charge in [-0.05, 0) is 12.8 Å².